The topological polar surface area (TPSA) is 85.6 Å². The number of aryl methyl sites for hydroxylation is 2. The molecule has 0 fully saturated rings. The molecule has 9 heteroatoms. The first-order valence-corrected chi connectivity index (χ1v) is 9.52. The van der Waals surface area contributed by atoms with Crippen molar-refractivity contribution < 1.29 is 4.79 Å². The Hall–Kier alpha value is -2.91. The summed E-state index contributed by atoms with van der Waals surface area (Å²) in [7, 11) is 1.77. The molecule has 7 nitrogen and oxygen atoms in total. The molecule has 3 aromatic heterocycles. The number of carbonyl (C=O) groups excluding carboxylic acids is 1. The van der Waals surface area contributed by atoms with Crippen LogP contribution in [0.15, 0.2) is 41.1 Å². The minimum atomic E-state index is -0.172. The quantitative estimate of drug-likeness (QED) is 0.583. The molecule has 0 aliphatic heterocycles. The van der Waals surface area contributed by atoms with Gasteiger partial charge in [0.05, 0.1) is 5.69 Å². The van der Waals surface area contributed by atoms with Crippen molar-refractivity contribution in [3.63, 3.8) is 0 Å². The van der Waals surface area contributed by atoms with Crippen molar-refractivity contribution in [1.29, 1.82) is 0 Å². The zero-order valence-corrected chi connectivity index (χ0v) is 15.6. The molecule has 1 aromatic carbocycles. The molecule has 0 unspecified atom stereocenters. The van der Waals surface area contributed by atoms with Gasteiger partial charge >= 0.3 is 0 Å². The maximum Gasteiger partial charge on any atom is 0.267 e. The highest BCUT2D eigenvalue weighted by Gasteiger charge is 2.17. The number of anilines is 1. The minimum absolute atomic E-state index is 0.172. The zero-order valence-electron chi connectivity index (χ0n) is 14.0. The van der Waals surface area contributed by atoms with E-state index in [0.717, 1.165) is 21.8 Å². The normalized spacial score (nSPS) is 10.8. The second kappa shape index (κ2) is 6.77. The summed E-state index contributed by atoms with van der Waals surface area (Å²) in [6.45, 7) is 1.85. The lowest BCUT2D eigenvalue weighted by Crippen LogP contribution is -2.11. The SMILES string of the molecule is Cc1nc(-c2ccsc2)sc1C(=O)Nc1cccc(-c2nnnn2C)c1. The van der Waals surface area contributed by atoms with Crippen LogP contribution in [0.1, 0.15) is 15.4 Å². The number of carbonyl (C=O) groups is 1. The van der Waals surface area contributed by atoms with Crippen LogP contribution in [-0.2, 0) is 7.05 Å². The largest absolute Gasteiger partial charge is 0.321 e. The number of thiophene rings is 1. The maximum atomic E-state index is 12.7. The Morgan fingerprint density at radius 1 is 1.23 bits per heavy atom. The van der Waals surface area contributed by atoms with Gasteiger partial charge in [0.25, 0.3) is 5.91 Å². The highest BCUT2D eigenvalue weighted by molar-refractivity contribution is 7.17. The van der Waals surface area contributed by atoms with Gasteiger partial charge in [-0.05, 0) is 40.9 Å². The highest BCUT2D eigenvalue weighted by atomic mass is 32.1. The van der Waals surface area contributed by atoms with E-state index >= 15 is 0 Å². The van der Waals surface area contributed by atoms with Gasteiger partial charge < -0.3 is 5.32 Å². The summed E-state index contributed by atoms with van der Waals surface area (Å²) in [5, 5.41) is 19.3. The molecule has 1 amide bonds. The zero-order chi connectivity index (χ0) is 18.1. The summed E-state index contributed by atoms with van der Waals surface area (Å²) in [5.74, 6) is 0.463. The van der Waals surface area contributed by atoms with E-state index in [4.69, 9.17) is 0 Å². The highest BCUT2D eigenvalue weighted by Crippen LogP contribution is 2.30. The molecular formula is C17H14N6OS2. The van der Waals surface area contributed by atoms with E-state index in [1.54, 1.807) is 23.1 Å². The van der Waals surface area contributed by atoms with Crippen LogP contribution in [0.3, 0.4) is 0 Å². The van der Waals surface area contributed by atoms with E-state index in [9.17, 15) is 4.79 Å². The Balaban J connectivity index is 1.58. The fourth-order valence-electron chi connectivity index (χ4n) is 2.51. The molecule has 26 heavy (non-hydrogen) atoms. The summed E-state index contributed by atoms with van der Waals surface area (Å²) in [6.07, 6.45) is 0. The standard InChI is InChI=1S/C17H14N6OS2/c1-10-14(26-17(18-10)12-6-7-25-9-12)16(24)19-13-5-3-4-11(8-13)15-20-21-22-23(15)2/h3-9H,1-2H3,(H,19,24). The molecule has 4 rings (SSSR count). The lowest BCUT2D eigenvalue weighted by atomic mass is 10.2. The molecule has 0 saturated heterocycles. The van der Waals surface area contributed by atoms with Gasteiger partial charge in [0, 0.05) is 29.2 Å². The Morgan fingerprint density at radius 3 is 2.85 bits per heavy atom. The molecule has 0 spiro atoms. The number of aromatic nitrogens is 5. The van der Waals surface area contributed by atoms with Gasteiger partial charge in [-0.15, -0.1) is 16.4 Å². The molecule has 0 aliphatic rings. The Bertz CT molecular complexity index is 1070. The summed E-state index contributed by atoms with van der Waals surface area (Å²) in [5.41, 5.74) is 3.27. The number of rotatable bonds is 4. The number of benzene rings is 1. The summed E-state index contributed by atoms with van der Waals surface area (Å²) < 4.78 is 1.58. The van der Waals surface area contributed by atoms with Crippen molar-refractivity contribution in [2.75, 3.05) is 5.32 Å². The molecule has 0 radical (unpaired) electrons. The number of hydrogen-bond acceptors (Lipinski definition) is 7. The fourth-order valence-corrected chi connectivity index (χ4v) is 4.19. The van der Waals surface area contributed by atoms with E-state index in [1.165, 1.54) is 11.3 Å². The van der Waals surface area contributed by atoms with Gasteiger partial charge in [0.1, 0.15) is 9.88 Å². The number of tetrazole rings is 1. The van der Waals surface area contributed by atoms with Crippen LogP contribution in [0.2, 0.25) is 0 Å². The second-order valence-corrected chi connectivity index (χ2v) is 7.39. The van der Waals surface area contributed by atoms with Gasteiger partial charge in [-0.25, -0.2) is 9.67 Å². The number of hydrogen-bond donors (Lipinski definition) is 1. The first-order chi connectivity index (χ1) is 12.6. The van der Waals surface area contributed by atoms with Crippen molar-refractivity contribution >= 4 is 34.3 Å². The predicted octanol–water partition coefficient (Wildman–Crippen LogP) is 3.62. The van der Waals surface area contributed by atoms with Gasteiger partial charge in [-0.2, -0.15) is 11.3 Å². The Kier molecular flexibility index (Phi) is 4.31. The number of nitrogens with zero attached hydrogens (tertiary/aromatic N) is 5. The third kappa shape index (κ3) is 3.14. The fraction of sp³-hybridized carbons (Fsp3) is 0.118. The van der Waals surface area contributed by atoms with Gasteiger partial charge in [0.2, 0.25) is 0 Å². The van der Waals surface area contributed by atoms with E-state index < -0.39 is 0 Å². The average Bonchev–Trinajstić information content (AvgIpc) is 3.35. The molecule has 130 valence electrons. The van der Waals surface area contributed by atoms with E-state index in [1.807, 2.05) is 48.0 Å². The summed E-state index contributed by atoms with van der Waals surface area (Å²) >= 11 is 3.01. The third-order valence-corrected chi connectivity index (χ3v) is 5.66. The van der Waals surface area contributed by atoms with Gasteiger partial charge in [-0.1, -0.05) is 12.1 Å². The minimum Gasteiger partial charge on any atom is -0.321 e. The van der Waals surface area contributed by atoms with Crippen molar-refractivity contribution in [3.8, 4) is 22.0 Å². The van der Waals surface area contributed by atoms with Crippen LogP contribution in [-0.4, -0.2) is 31.1 Å². The molecule has 0 atom stereocenters. The Morgan fingerprint density at radius 2 is 2.12 bits per heavy atom. The van der Waals surface area contributed by atoms with Gasteiger partial charge in [-0.3, -0.25) is 4.79 Å². The molecule has 4 aromatic rings. The molecule has 3 heterocycles. The summed E-state index contributed by atoms with van der Waals surface area (Å²) in [4.78, 5) is 17.8. The van der Waals surface area contributed by atoms with Crippen molar-refractivity contribution in [3.05, 3.63) is 51.7 Å². The Labute approximate surface area is 157 Å². The van der Waals surface area contributed by atoms with Gasteiger partial charge in [0.15, 0.2) is 5.82 Å². The van der Waals surface area contributed by atoms with E-state index in [2.05, 4.69) is 25.8 Å². The molecule has 1 N–H and O–H groups in total. The smallest absolute Gasteiger partial charge is 0.267 e. The van der Waals surface area contributed by atoms with Crippen LogP contribution < -0.4 is 5.32 Å². The maximum absolute atomic E-state index is 12.7. The molecule has 0 aliphatic carbocycles. The molecular weight excluding hydrogens is 368 g/mol. The lowest BCUT2D eigenvalue weighted by Gasteiger charge is -2.06. The van der Waals surface area contributed by atoms with Crippen LogP contribution >= 0.6 is 22.7 Å². The second-order valence-electron chi connectivity index (χ2n) is 5.61. The predicted molar refractivity (Wildman–Crippen MR) is 102 cm³/mol. The van der Waals surface area contributed by atoms with Crippen LogP contribution in [0, 0.1) is 6.92 Å². The van der Waals surface area contributed by atoms with Crippen LogP contribution in [0.25, 0.3) is 22.0 Å². The van der Waals surface area contributed by atoms with E-state index in [-0.39, 0.29) is 5.91 Å². The van der Waals surface area contributed by atoms with Crippen LogP contribution in [0.5, 0.6) is 0 Å². The average molecular weight is 382 g/mol. The lowest BCUT2D eigenvalue weighted by molar-refractivity contribution is 0.103. The number of nitrogens with one attached hydrogen (secondary N) is 1. The first kappa shape index (κ1) is 16.6. The molecule has 0 bridgehead atoms. The number of amides is 1. The molecule has 0 saturated carbocycles. The third-order valence-electron chi connectivity index (χ3n) is 3.77. The van der Waals surface area contributed by atoms with Crippen LogP contribution in [0.4, 0.5) is 5.69 Å². The monoisotopic (exact) mass is 382 g/mol. The van der Waals surface area contributed by atoms with E-state index in [0.29, 0.717) is 16.4 Å². The first-order valence-electron chi connectivity index (χ1n) is 7.76. The summed E-state index contributed by atoms with van der Waals surface area (Å²) in [6, 6.07) is 9.44. The van der Waals surface area contributed by atoms with Crippen molar-refractivity contribution in [2.45, 2.75) is 6.92 Å². The van der Waals surface area contributed by atoms with Crippen molar-refractivity contribution in [2.24, 2.45) is 7.05 Å². The number of thiazole rings is 1. The van der Waals surface area contributed by atoms with Crippen molar-refractivity contribution in [1.82, 2.24) is 25.2 Å².